The van der Waals surface area contributed by atoms with E-state index in [4.69, 9.17) is 0 Å². The number of benzene rings is 2. The van der Waals surface area contributed by atoms with Crippen LogP contribution in [0.3, 0.4) is 0 Å². The second-order valence-electron chi connectivity index (χ2n) is 3.55. The standard InChI is InChI=1S/C13H8BrF3S/c14-12-8-10(6-7-11(12)13(15,16)17)18-9-4-2-1-3-5-9/h1-8H. The van der Waals surface area contributed by atoms with Gasteiger partial charge in [0.1, 0.15) is 0 Å². The summed E-state index contributed by atoms with van der Waals surface area (Å²) in [4.78, 5) is 1.75. The van der Waals surface area contributed by atoms with E-state index in [1.54, 1.807) is 0 Å². The monoisotopic (exact) mass is 332 g/mol. The maximum Gasteiger partial charge on any atom is 0.417 e. The van der Waals surface area contributed by atoms with Crippen LogP contribution in [0, 0.1) is 0 Å². The maximum absolute atomic E-state index is 12.6. The Hall–Kier alpha value is -0.940. The first-order chi connectivity index (χ1) is 8.47. The van der Waals surface area contributed by atoms with E-state index in [0.717, 1.165) is 15.9 Å². The second kappa shape index (κ2) is 5.36. The third-order valence-corrected chi connectivity index (χ3v) is 3.88. The summed E-state index contributed by atoms with van der Waals surface area (Å²) in [6.45, 7) is 0. The highest BCUT2D eigenvalue weighted by Crippen LogP contribution is 2.38. The average Bonchev–Trinajstić information content (AvgIpc) is 2.28. The molecular weight excluding hydrogens is 325 g/mol. The zero-order chi connectivity index (χ0) is 13.2. The quantitative estimate of drug-likeness (QED) is 0.687. The van der Waals surface area contributed by atoms with Crippen LogP contribution >= 0.6 is 27.7 Å². The van der Waals surface area contributed by atoms with Crippen LogP contribution in [0.5, 0.6) is 0 Å². The van der Waals surface area contributed by atoms with Gasteiger partial charge in [-0.1, -0.05) is 45.9 Å². The van der Waals surface area contributed by atoms with Gasteiger partial charge in [0.05, 0.1) is 5.56 Å². The molecule has 18 heavy (non-hydrogen) atoms. The highest BCUT2D eigenvalue weighted by atomic mass is 79.9. The Morgan fingerprint density at radius 3 is 2.11 bits per heavy atom. The lowest BCUT2D eigenvalue weighted by Crippen LogP contribution is -2.05. The van der Waals surface area contributed by atoms with Crippen LogP contribution in [-0.4, -0.2) is 0 Å². The van der Waals surface area contributed by atoms with Crippen LogP contribution in [0.4, 0.5) is 13.2 Å². The van der Waals surface area contributed by atoms with Gasteiger partial charge < -0.3 is 0 Å². The number of alkyl halides is 3. The zero-order valence-corrected chi connectivity index (χ0v) is 11.4. The summed E-state index contributed by atoms with van der Waals surface area (Å²) in [5, 5.41) is 0. The van der Waals surface area contributed by atoms with Crippen molar-refractivity contribution in [2.45, 2.75) is 16.0 Å². The molecule has 94 valence electrons. The van der Waals surface area contributed by atoms with Crippen molar-refractivity contribution in [3.05, 3.63) is 58.6 Å². The molecule has 0 saturated heterocycles. The van der Waals surface area contributed by atoms with E-state index in [0.29, 0.717) is 0 Å². The van der Waals surface area contributed by atoms with Crippen molar-refractivity contribution in [3.63, 3.8) is 0 Å². The number of hydrogen-bond donors (Lipinski definition) is 0. The van der Waals surface area contributed by atoms with Crippen LogP contribution in [0.25, 0.3) is 0 Å². The number of halogens is 4. The van der Waals surface area contributed by atoms with E-state index < -0.39 is 11.7 Å². The number of rotatable bonds is 2. The van der Waals surface area contributed by atoms with Crippen molar-refractivity contribution < 1.29 is 13.2 Å². The summed E-state index contributed by atoms with van der Waals surface area (Å²) in [5.41, 5.74) is -0.653. The summed E-state index contributed by atoms with van der Waals surface area (Å²) in [6, 6.07) is 13.6. The Balaban J connectivity index is 2.25. The molecule has 5 heteroatoms. The molecule has 0 radical (unpaired) electrons. The van der Waals surface area contributed by atoms with Crippen LogP contribution in [0.2, 0.25) is 0 Å². The van der Waals surface area contributed by atoms with Crippen molar-refractivity contribution in [2.75, 3.05) is 0 Å². The predicted octanol–water partition coefficient (Wildman–Crippen LogP) is 5.62. The first-order valence-corrected chi connectivity index (χ1v) is 6.67. The molecule has 0 aliphatic heterocycles. The molecule has 0 unspecified atom stereocenters. The zero-order valence-electron chi connectivity index (χ0n) is 9.04. The van der Waals surface area contributed by atoms with Crippen molar-refractivity contribution in [2.24, 2.45) is 0 Å². The minimum atomic E-state index is -4.32. The normalized spacial score (nSPS) is 11.6. The lowest BCUT2D eigenvalue weighted by molar-refractivity contribution is -0.138. The van der Waals surface area contributed by atoms with Gasteiger partial charge in [-0.15, -0.1) is 0 Å². The SMILES string of the molecule is FC(F)(F)c1ccc(Sc2ccccc2)cc1Br. The van der Waals surface area contributed by atoms with Gasteiger partial charge in [0.25, 0.3) is 0 Å². The maximum atomic E-state index is 12.6. The van der Waals surface area contributed by atoms with Gasteiger partial charge in [-0.2, -0.15) is 13.2 Å². The van der Waals surface area contributed by atoms with Gasteiger partial charge >= 0.3 is 6.18 Å². The van der Waals surface area contributed by atoms with Gasteiger partial charge in [0.15, 0.2) is 0 Å². The molecule has 0 atom stereocenters. The van der Waals surface area contributed by atoms with Crippen LogP contribution in [0.1, 0.15) is 5.56 Å². The summed E-state index contributed by atoms with van der Waals surface area (Å²) >= 11 is 4.39. The molecule has 0 aliphatic carbocycles. The largest absolute Gasteiger partial charge is 0.417 e. The lowest BCUT2D eigenvalue weighted by Gasteiger charge is -2.10. The molecular formula is C13H8BrF3S. The van der Waals surface area contributed by atoms with Crippen LogP contribution in [-0.2, 0) is 6.18 Å². The Labute approximate surface area is 115 Å². The van der Waals surface area contributed by atoms with Crippen molar-refractivity contribution in [1.29, 1.82) is 0 Å². The smallest absolute Gasteiger partial charge is 0.166 e. The summed E-state index contributed by atoms with van der Waals surface area (Å²) in [5.74, 6) is 0. The van der Waals surface area contributed by atoms with Gasteiger partial charge in [0.2, 0.25) is 0 Å². The fourth-order valence-electron chi connectivity index (χ4n) is 1.41. The van der Waals surface area contributed by atoms with Gasteiger partial charge in [-0.3, -0.25) is 0 Å². The molecule has 2 aromatic carbocycles. The topological polar surface area (TPSA) is 0 Å². The fraction of sp³-hybridized carbons (Fsp3) is 0.0769. The summed E-state index contributed by atoms with van der Waals surface area (Å²) in [6.07, 6.45) is -4.32. The lowest BCUT2D eigenvalue weighted by atomic mass is 10.2. The summed E-state index contributed by atoms with van der Waals surface area (Å²) < 4.78 is 37.8. The molecule has 0 fully saturated rings. The molecule has 0 aliphatic rings. The first-order valence-electron chi connectivity index (χ1n) is 5.06. The third kappa shape index (κ3) is 3.29. The van der Waals surface area contributed by atoms with Crippen molar-refractivity contribution >= 4 is 27.7 Å². The van der Waals surface area contributed by atoms with E-state index in [2.05, 4.69) is 15.9 Å². The molecule has 2 aromatic rings. The first kappa shape index (κ1) is 13.5. The number of hydrogen-bond acceptors (Lipinski definition) is 1. The van der Waals surface area contributed by atoms with Crippen LogP contribution in [0.15, 0.2) is 62.8 Å². The van der Waals surface area contributed by atoms with E-state index in [-0.39, 0.29) is 4.47 Å². The third-order valence-electron chi connectivity index (χ3n) is 2.22. The van der Waals surface area contributed by atoms with E-state index >= 15 is 0 Å². The van der Waals surface area contributed by atoms with Crippen molar-refractivity contribution in [3.8, 4) is 0 Å². The van der Waals surface area contributed by atoms with E-state index in [9.17, 15) is 13.2 Å². The molecule has 2 rings (SSSR count). The van der Waals surface area contributed by atoms with Crippen molar-refractivity contribution in [1.82, 2.24) is 0 Å². The molecule has 0 saturated carbocycles. The van der Waals surface area contributed by atoms with Gasteiger partial charge in [0, 0.05) is 14.3 Å². The Kier molecular flexibility index (Phi) is 4.02. The van der Waals surface area contributed by atoms with E-state index in [1.165, 1.54) is 23.9 Å². The summed E-state index contributed by atoms with van der Waals surface area (Å²) in [7, 11) is 0. The molecule has 0 heterocycles. The Morgan fingerprint density at radius 2 is 1.56 bits per heavy atom. The minimum Gasteiger partial charge on any atom is -0.166 e. The Morgan fingerprint density at radius 1 is 0.889 bits per heavy atom. The highest BCUT2D eigenvalue weighted by molar-refractivity contribution is 9.10. The average molecular weight is 333 g/mol. The molecule has 0 N–H and O–H groups in total. The van der Waals surface area contributed by atoms with Crippen LogP contribution < -0.4 is 0 Å². The second-order valence-corrected chi connectivity index (χ2v) is 5.56. The molecule has 0 spiro atoms. The van der Waals surface area contributed by atoms with E-state index in [1.807, 2.05) is 30.3 Å². The molecule has 0 aromatic heterocycles. The minimum absolute atomic E-state index is 0.0657. The molecule has 0 bridgehead atoms. The van der Waals surface area contributed by atoms with Gasteiger partial charge in [-0.05, 0) is 30.3 Å². The predicted molar refractivity (Wildman–Crippen MR) is 69.7 cm³/mol. The Bertz CT molecular complexity index is 538. The molecule has 0 nitrogen and oxygen atoms in total. The van der Waals surface area contributed by atoms with Gasteiger partial charge in [-0.25, -0.2) is 0 Å². The highest BCUT2D eigenvalue weighted by Gasteiger charge is 2.32. The molecule has 0 amide bonds. The fourth-order valence-corrected chi connectivity index (χ4v) is 3.05.